The lowest BCUT2D eigenvalue weighted by atomic mass is 9.91. The molecular weight excluding hydrogens is 460 g/mol. The summed E-state index contributed by atoms with van der Waals surface area (Å²) in [5.41, 5.74) is 7.48. The Kier molecular flexibility index (Phi) is 6.22. The molecule has 184 valence electrons. The number of carbonyl (C=O) groups is 3. The van der Waals surface area contributed by atoms with E-state index in [0.29, 0.717) is 12.1 Å². The SMILES string of the molecule is Cc1cc(C)cc(Cc2ccc3ccccc3c2/C=C2\C(=O)NC(=O)N(c3ccc(C)cc3C)C2=O)c1. The highest BCUT2D eigenvalue weighted by molar-refractivity contribution is 6.39. The number of urea groups is 1. The van der Waals surface area contributed by atoms with Crippen molar-refractivity contribution in [3.63, 3.8) is 0 Å². The number of imide groups is 2. The highest BCUT2D eigenvalue weighted by Gasteiger charge is 2.37. The number of nitrogens with zero attached hydrogens (tertiary/aromatic N) is 1. The van der Waals surface area contributed by atoms with E-state index in [-0.39, 0.29) is 5.57 Å². The molecule has 37 heavy (non-hydrogen) atoms. The number of aryl methyl sites for hydroxylation is 4. The van der Waals surface area contributed by atoms with Crippen molar-refractivity contribution in [2.75, 3.05) is 4.90 Å². The number of hydrogen-bond acceptors (Lipinski definition) is 3. The number of hydrogen-bond donors (Lipinski definition) is 1. The van der Waals surface area contributed by atoms with Gasteiger partial charge in [0.2, 0.25) is 0 Å². The average Bonchev–Trinajstić information content (AvgIpc) is 2.83. The second-order valence-electron chi connectivity index (χ2n) is 9.78. The van der Waals surface area contributed by atoms with Gasteiger partial charge in [0.25, 0.3) is 11.8 Å². The molecule has 5 rings (SSSR count). The van der Waals surface area contributed by atoms with Crippen LogP contribution in [0.25, 0.3) is 16.8 Å². The lowest BCUT2D eigenvalue weighted by Gasteiger charge is -2.28. The highest BCUT2D eigenvalue weighted by Crippen LogP contribution is 2.30. The molecule has 1 aliphatic rings. The van der Waals surface area contributed by atoms with Crippen molar-refractivity contribution in [1.29, 1.82) is 0 Å². The third-order valence-corrected chi connectivity index (χ3v) is 6.72. The topological polar surface area (TPSA) is 66.5 Å². The summed E-state index contributed by atoms with van der Waals surface area (Å²) >= 11 is 0. The highest BCUT2D eigenvalue weighted by atomic mass is 16.2. The van der Waals surface area contributed by atoms with Crippen molar-refractivity contribution in [3.05, 3.63) is 117 Å². The second-order valence-corrected chi connectivity index (χ2v) is 9.78. The van der Waals surface area contributed by atoms with Crippen LogP contribution in [0.15, 0.2) is 78.4 Å². The maximum atomic E-state index is 13.7. The minimum absolute atomic E-state index is 0.0717. The van der Waals surface area contributed by atoms with Gasteiger partial charge in [-0.25, -0.2) is 9.69 Å². The molecule has 5 nitrogen and oxygen atoms in total. The molecule has 0 aromatic heterocycles. The molecule has 0 saturated carbocycles. The number of anilines is 1. The van der Waals surface area contributed by atoms with Crippen LogP contribution in [-0.2, 0) is 16.0 Å². The van der Waals surface area contributed by atoms with Gasteiger partial charge in [-0.15, -0.1) is 0 Å². The fourth-order valence-electron chi connectivity index (χ4n) is 5.13. The van der Waals surface area contributed by atoms with Crippen molar-refractivity contribution in [1.82, 2.24) is 5.32 Å². The third-order valence-electron chi connectivity index (χ3n) is 6.72. The fourth-order valence-corrected chi connectivity index (χ4v) is 5.13. The first kappa shape index (κ1) is 24.2. The monoisotopic (exact) mass is 488 g/mol. The summed E-state index contributed by atoms with van der Waals surface area (Å²) in [6.45, 7) is 7.93. The van der Waals surface area contributed by atoms with Crippen LogP contribution in [0.3, 0.4) is 0 Å². The molecule has 1 aliphatic heterocycles. The van der Waals surface area contributed by atoms with Gasteiger partial charge in [-0.2, -0.15) is 0 Å². The van der Waals surface area contributed by atoms with Gasteiger partial charge in [-0.05, 0) is 79.3 Å². The zero-order valence-electron chi connectivity index (χ0n) is 21.4. The molecule has 1 fully saturated rings. The van der Waals surface area contributed by atoms with Gasteiger partial charge in [-0.3, -0.25) is 14.9 Å². The lowest BCUT2D eigenvalue weighted by Crippen LogP contribution is -2.54. The Labute approximate surface area is 216 Å². The van der Waals surface area contributed by atoms with Crippen molar-refractivity contribution in [2.24, 2.45) is 0 Å². The molecule has 0 atom stereocenters. The van der Waals surface area contributed by atoms with Crippen molar-refractivity contribution in [2.45, 2.75) is 34.1 Å². The summed E-state index contributed by atoms with van der Waals surface area (Å²) in [5, 5.41) is 4.30. The molecule has 4 amide bonds. The van der Waals surface area contributed by atoms with Crippen LogP contribution in [0.1, 0.15) is 38.9 Å². The van der Waals surface area contributed by atoms with E-state index in [1.54, 1.807) is 12.1 Å². The smallest absolute Gasteiger partial charge is 0.273 e. The van der Waals surface area contributed by atoms with Gasteiger partial charge in [0.1, 0.15) is 5.57 Å². The first-order chi connectivity index (χ1) is 17.7. The Morgan fingerprint density at radius 2 is 1.51 bits per heavy atom. The van der Waals surface area contributed by atoms with Crippen molar-refractivity contribution < 1.29 is 14.4 Å². The number of carbonyl (C=O) groups excluding carboxylic acids is 3. The maximum absolute atomic E-state index is 13.7. The number of barbiturate groups is 1. The summed E-state index contributed by atoms with van der Waals surface area (Å²) in [6, 6.07) is 23.2. The van der Waals surface area contributed by atoms with Gasteiger partial charge >= 0.3 is 6.03 Å². The molecule has 1 saturated heterocycles. The van der Waals surface area contributed by atoms with Crippen LogP contribution < -0.4 is 10.2 Å². The Bertz CT molecular complexity index is 1610. The fraction of sp³-hybridized carbons (Fsp3) is 0.156. The first-order valence-corrected chi connectivity index (χ1v) is 12.3. The summed E-state index contributed by atoms with van der Waals surface area (Å²) < 4.78 is 0. The molecule has 0 radical (unpaired) electrons. The predicted molar refractivity (Wildman–Crippen MR) is 148 cm³/mol. The molecule has 0 spiro atoms. The van der Waals surface area contributed by atoms with Crippen molar-refractivity contribution >= 4 is 40.4 Å². The predicted octanol–water partition coefficient (Wildman–Crippen LogP) is 6.33. The van der Waals surface area contributed by atoms with E-state index in [4.69, 9.17) is 0 Å². The molecule has 0 unspecified atom stereocenters. The van der Waals surface area contributed by atoms with Gasteiger partial charge in [0.15, 0.2) is 0 Å². The molecular formula is C32H28N2O3. The van der Waals surface area contributed by atoms with Crippen LogP contribution >= 0.6 is 0 Å². The third kappa shape index (κ3) is 4.68. The maximum Gasteiger partial charge on any atom is 0.335 e. The molecule has 5 heteroatoms. The van der Waals surface area contributed by atoms with Gasteiger partial charge < -0.3 is 0 Å². The van der Waals surface area contributed by atoms with Gasteiger partial charge in [0, 0.05) is 0 Å². The Morgan fingerprint density at radius 1 is 0.784 bits per heavy atom. The van der Waals surface area contributed by atoms with Gasteiger partial charge in [0.05, 0.1) is 5.69 Å². The van der Waals surface area contributed by atoms with E-state index in [1.807, 2.05) is 56.3 Å². The summed E-state index contributed by atoms with van der Waals surface area (Å²) in [6.07, 6.45) is 2.28. The largest absolute Gasteiger partial charge is 0.335 e. The molecule has 0 bridgehead atoms. The van der Waals surface area contributed by atoms with Crippen LogP contribution in [0.4, 0.5) is 10.5 Å². The normalized spacial score (nSPS) is 15.0. The summed E-state index contributed by atoms with van der Waals surface area (Å²) in [5.74, 6) is -1.33. The Balaban J connectivity index is 1.65. The van der Waals surface area contributed by atoms with E-state index in [9.17, 15) is 14.4 Å². The van der Waals surface area contributed by atoms with Crippen molar-refractivity contribution in [3.8, 4) is 0 Å². The van der Waals surface area contributed by atoms with Crippen LogP contribution in [-0.4, -0.2) is 17.8 Å². The van der Waals surface area contributed by atoms with E-state index in [1.165, 1.54) is 11.1 Å². The van der Waals surface area contributed by atoms with Crippen LogP contribution in [0, 0.1) is 27.7 Å². The first-order valence-electron chi connectivity index (χ1n) is 12.3. The molecule has 1 N–H and O–H groups in total. The Morgan fingerprint density at radius 3 is 2.24 bits per heavy atom. The number of fused-ring (bicyclic) bond motifs is 1. The zero-order valence-corrected chi connectivity index (χ0v) is 21.4. The number of nitrogens with one attached hydrogen (secondary N) is 1. The molecule has 1 heterocycles. The number of rotatable bonds is 4. The van der Waals surface area contributed by atoms with Gasteiger partial charge in [-0.1, -0.05) is 83.4 Å². The molecule has 0 aliphatic carbocycles. The summed E-state index contributed by atoms with van der Waals surface area (Å²) in [4.78, 5) is 40.5. The quantitative estimate of drug-likeness (QED) is 0.270. The van der Waals surface area contributed by atoms with E-state index < -0.39 is 17.8 Å². The lowest BCUT2D eigenvalue weighted by molar-refractivity contribution is -0.122. The number of amides is 4. The minimum atomic E-state index is -0.743. The minimum Gasteiger partial charge on any atom is -0.273 e. The molecule has 4 aromatic carbocycles. The zero-order chi connectivity index (χ0) is 26.3. The van der Waals surface area contributed by atoms with E-state index in [0.717, 1.165) is 43.5 Å². The molecule has 4 aromatic rings. The van der Waals surface area contributed by atoms with E-state index >= 15 is 0 Å². The Hall–Kier alpha value is -4.51. The van der Waals surface area contributed by atoms with Crippen LogP contribution in [0.5, 0.6) is 0 Å². The summed E-state index contributed by atoms with van der Waals surface area (Å²) in [7, 11) is 0. The number of benzene rings is 4. The standard InChI is InChI=1S/C32H28N2O3/c1-19-9-12-29(22(4)14-19)34-31(36)28(30(35)33-32(34)37)18-27-25(11-10-24-7-5-6-8-26(24)27)17-23-15-20(2)13-21(3)16-23/h5-16,18H,17H2,1-4H3,(H,33,35,37)/b28-18+. The van der Waals surface area contributed by atoms with E-state index in [2.05, 4.69) is 43.4 Å². The second kappa shape index (κ2) is 9.51. The average molecular weight is 489 g/mol. The van der Waals surface area contributed by atoms with Crippen LogP contribution in [0.2, 0.25) is 0 Å².